The number of hydrogen-bond acceptors (Lipinski definition) is 3. The third-order valence-corrected chi connectivity index (χ3v) is 3.14. The Labute approximate surface area is 111 Å². The maximum atomic E-state index is 5.87. The lowest BCUT2D eigenvalue weighted by molar-refractivity contribution is 0.407. The SMILES string of the molecule is COc1cc(C)c(N(C)CC(C)N)cc1C(C)C. The summed E-state index contributed by atoms with van der Waals surface area (Å²) in [7, 11) is 3.81. The second-order valence-electron chi connectivity index (χ2n) is 5.39. The van der Waals surface area contributed by atoms with Gasteiger partial charge < -0.3 is 15.4 Å². The zero-order chi connectivity index (χ0) is 13.9. The molecular weight excluding hydrogens is 224 g/mol. The summed E-state index contributed by atoms with van der Waals surface area (Å²) in [5.41, 5.74) is 9.57. The molecule has 102 valence electrons. The third-order valence-electron chi connectivity index (χ3n) is 3.14. The average Bonchev–Trinajstić information content (AvgIpc) is 2.26. The molecule has 0 spiro atoms. The normalized spacial score (nSPS) is 12.7. The zero-order valence-electron chi connectivity index (χ0n) is 12.4. The first-order valence-corrected chi connectivity index (χ1v) is 6.52. The van der Waals surface area contributed by atoms with Crippen molar-refractivity contribution in [3.05, 3.63) is 23.3 Å². The van der Waals surface area contributed by atoms with Crippen LogP contribution in [0.1, 0.15) is 37.8 Å². The molecule has 1 unspecified atom stereocenters. The monoisotopic (exact) mass is 250 g/mol. The lowest BCUT2D eigenvalue weighted by atomic mass is 9.98. The van der Waals surface area contributed by atoms with Crippen LogP contribution in [0.4, 0.5) is 5.69 Å². The second kappa shape index (κ2) is 6.10. The summed E-state index contributed by atoms with van der Waals surface area (Å²) in [4.78, 5) is 2.21. The van der Waals surface area contributed by atoms with E-state index in [2.05, 4.69) is 44.9 Å². The fourth-order valence-electron chi connectivity index (χ4n) is 2.26. The number of nitrogens with two attached hydrogens (primary N) is 1. The predicted octanol–water partition coefficient (Wildman–Crippen LogP) is 2.91. The van der Waals surface area contributed by atoms with E-state index in [9.17, 15) is 0 Å². The lowest BCUT2D eigenvalue weighted by Crippen LogP contribution is -2.33. The largest absolute Gasteiger partial charge is 0.496 e. The van der Waals surface area contributed by atoms with Crippen molar-refractivity contribution in [2.24, 2.45) is 5.73 Å². The van der Waals surface area contributed by atoms with Crippen LogP contribution in [0.2, 0.25) is 0 Å². The number of likely N-dealkylation sites (N-methyl/N-ethyl adjacent to an activating group) is 1. The molecule has 0 aromatic heterocycles. The summed E-state index contributed by atoms with van der Waals surface area (Å²) >= 11 is 0. The van der Waals surface area contributed by atoms with Crippen molar-refractivity contribution in [3.63, 3.8) is 0 Å². The van der Waals surface area contributed by atoms with E-state index < -0.39 is 0 Å². The molecule has 3 heteroatoms. The molecule has 0 heterocycles. The first kappa shape index (κ1) is 14.8. The van der Waals surface area contributed by atoms with Gasteiger partial charge in [0.05, 0.1) is 7.11 Å². The summed E-state index contributed by atoms with van der Waals surface area (Å²) in [6, 6.07) is 4.50. The Morgan fingerprint density at radius 2 is 1.89 bits per heavy atom. The summed E-state index contributed by atoms with van der Waals surface area (Å²) in [5.74, 6) is 1.42. The van der Waals surface area contributed by atoms with Gasteiger partial charge >= 0.3 is 0 Å². The Morgan fingerprint density at radius 1 is 1.28 bits per heavy atom. The Morgan fingerprint density at radius 3 is 2.33 bits per heavy atom. The van der Waals surface area contributed by atoms with Gasteiger partial charge in [-0.1, -0.05) is 13.8 Å². The van der Waals surface area contributed by atoms with E-state index in [1.165, 1.54) is 16.8 Å². The number of ether oxygens (including phenoxy) is 1. The molecular formula is C15H26N2O. The van der Waals surface area contributed by atoms with Crippen LogP contribution in [0.5, 0.6) is 5.75 Å². The molecule has 0 aliphatic heterocycles. The molecule has 0 aliphatic carbocycles. The Bertz CT molecular complexity index is 400. The molecule has 1 atom stereocenters. The van der Waals surface area contributed by atoms with Crippen molar-refractivity contribution in [2.45, 2.75) is 39.7 Å². The van der Waals surface area contributed by atoms with E-state index in [0.717, 1.165) is 12.3 Å². The quantitative estimate of drug-likeness (QED) is 0.873. The lowest BCUT2D eigenvalue weighted by Gasteiger charge is -2.25. The van der Waals surface area contributed by atoms with E-state index in [-0.39, 0.29) is 6.04 Å². The highest BCUT2D eigenvalue weighted by Crippen LogP contribution is 2.33. The number of nitrogens with zero attached hydrogens (tertiary/aromatic N) is 1. The molecule has 3 nitrogen and oxygen atoms in total. The van der Waals surface area contributed by atoms with Crippen LogP contribution >= 0.6 is 0 Å². The summed E-state index contributed by atoms with van der Waals surface area (Å²) < 4.78 is 5.46. The van der Waals surface area contributed by atoms with Crippen LogP contribution in [0, 0.1) is 6.92 Å². The van der Waals surface area contributed by atoms with Gasteiger partial charge in [0, 0.05) is 25.3 Å². The fraction of sp³-hybridized carbons (Fsp3) is 0.600. The minimum atomic E-state index is 0.166. The molecule has 0 bridgehead atoms. The molecule has 18 heavy (non-hydrogen) atoms. The first-order valence-electron chi connectivity index (χ1n) is 6.52. The van der Waals surface area contributed by atoms with Gasteiger partial charge in [0.15, 0.2) is 0 Å². The fourth-order valence-corrected chi connectivity index (χ4v) is 2.26. The van der Waals surface area contributed by atoms with Crippen LogP contribution in [0.25, 0.3) is 0 Å². The van der Waals surface area contributed by atoms with Crippen LogP contribution in [-0.4, -0.2) is 26.7 Å². The molecule has 1 aromatic carbocycles. The van der Waals surface area contributed by atoms with E-state index >= 15 is 0 Å². The summed E-state index contributed by atoms with van der Waals surface area (Å²) in [6.45, 7) is 9.36. The minimum Gasteiger partial charge on any atom is -0.496 e. The third kappa shape index (κ3) is 3.39. The van der Waals surface area contributed by atoms with Crippen LogP contribution < -0.4 is 15.4 Å². The van der Waals surface area contributed by atoms with E-state index in [1.807, 2.05) is 6.92 Å². The van der Waals surface area contributed by atoms with Crippen molar-refractivity contribution < 1.29 is 4.74 Å². The van der Waals surface area contributed by atoms with Crippen LogP contribution in [0.3, 0.4) is 0 Å². The van der Waals surface area contributed by atoms with Gasteiger partial charge in [-0.25, -0.2) is 0 Å². The molecule has 0 saturated carbocycles. The Balaban J connectivity index is 3.16. The first-order chi connectivity index (χ1) is 8.36. The van der Waals surface area contributed by atoms with Gasteiger partial charge in [0.25, 0.3) is 0 Å². The maximum absolute atomic E-state index is 5.87. The number of hydrogen-bond donors (Lipinski definition) is 1. The van der Waals surface area contributed by atoms with Crippen molar-refractivity contribution in [1.29, 1.82) is 0 Å². The molecule has 0 fully saturated rings. The van der Waals surface area contributed by atoms with Crippen molar-refractivity contribution >= 4 is 5.69 Å². The number of rotatable bonds is 5. The summed E-state index contributed by atoms with van der Waals surface area (Å²) in [6.07, 6.45) is 0. The van der Waals surface area contributed by atoms with Gasteiger partial charge in [-0.15, -0.1) is 0 Å². The van der Waals surface area contributed by atoms with Crippen molar-refractivity contribution in [1.82, 2.24) is 0 Å². The number of methoxy groups -OCH3 is 1. The Hall–Kier alpha value is -1.22. The topological polar surface area (TPSA) is 38.5 Å². The number of anilines is 1. The van der Waals surface area contributed by atoms with Gasteiger partial charge in [-0.05, 0) is 43.0 Å². The highest BCUT2D eigenvalue weighted by Gasteiger charge is 2.14. The smallest absolute Gasteiger partial charge is 0.122 e. The molecule has 0 aliphatic rings. The number of benzene rings is 1. The van der Waals surface area contributed by atoms with Gasteiger partial charge in [0.2, 0.25) is 0 Å². The second-order valence-corrected chi connectivity index (χ2v) is 5.39. The highest BCUT2D eigenvalue weighted by molar-refractivity contribution is 5.59. The standard InChI is InChI=1S/C15H26N2O/c1-10(2)13-8-14(17(5)9-12(4)16)11(3)7-15(13)18-6/h7-8,10,12H,9,16H2,1-6H3. The molecule has 0 radical (unpaired) electrons. The van der Waals surface area contributed by atoms with E-state index in [0.29, 0.717) is 5.92 Å². The van der Waals surface area contributed by atoms with Crippen molar-refractivity contribution in [2.75, 3.05) is 25.6 Å². The van der Waals surface area contributed by atoms with Crippen molar-refractivity contribution in [3.8, 4) is 5.75 Å². The van der Waals surface area contributed by atoms with Gasteiger partial charge in [0.1, 0.15) is 5.75 Å². The molecule has 1 aromatic rings. The van der Waals surface area contributed by atoms with E-state index in [4.69, 9.17) is 10.5 Å². The average molecular weight is 250 g/mol. The highest BCUT2D eigenvalue weighted by atomic mass is 16.5. The zero-order valence-corrected chi connectivity index (χ0v) is 12.4. The molecule has 1 rings (SSSR count). The molecule has 0 amide bonds. The maximum Gasteiger partial charge on any atom is 0.122 e. The van der Waals surface area contributed by atoms with Gasteiger partial charge in [-0.2, -0.15) is 0 Å². The van der Waals surface area contributed by atoms with Gasteiger partial charge in [-0.3, -0.25) is 0 Å². The predicted molar refractivity (Wildman–Crippen MR) is 78.7 cm³/mol. The Kier molecular flexibility index (Phi) is 5.03. The molecule has 2 N–H and O–H groups in total. The van der Waals surface area contributed by atoms with Crippen LogP contribution in [-0.2, 0) is 0 Å². The minimum absolute atomic E-state index is 0.166. The summed E-state index contributed by atoms with van der Waals surface area (Å²) in [5, 5.41) is 0. The number of aryl methyl sites for hydroxylation is 1. The molecule has 0 saturated heterocycles. The van der Waals surface area contributed by atoms with E-state index in [1.54, 1.807) is 7.11 Å². The van der Waals surface area contributed by atoms with Crippen LogP contribution in [0.15, 0.2) is 12.1 Å².